The van der Waals surface area contributed by atoms with Crippen LogP contribution >= 0.6 is 7.60 Å². The molecule has 0 radical (unpaired) electrons. The van der Waals surface area contributed by atoms with E-state index in [4.69, 9.17) is 28.1 Å². The molecule has 0 unspecified atom stereocenters. The van der Waals surface area contributed by atoms with Crippen molar-refractivity contribution in [1.82, 2.24) is 5.48 Å². The van der Waals surface area contributed by atoms with Gasteiger partial charge in [0.25, 0.3) is 5.91 Å². The minimum Gasteiger partial charge on any atom is -0.460 e. The standard InChI is InChI=1S/C16H28NO10P/c1-6-22-28(21,23-7-2)9-15(20)17-27-16-14(26-12(5)19)8-13(10(3)24-16)25-11(4)18/h10,13-14,16H,6-9H2,1-5H3,(H,17,20)/t10-,13+,14+,16-/m1/s1. The van der Waals surface area contributed by atoms with E-state index in [1.807, 2.05) is 0 Å². The van der Waals surface area contributed by atoms with Gasteiger partial charge in [-0.25, -0.2) is 10.3 Å². The molecule has 0 aromatic rings. The zero-order chi connectivity index (χ0) is 21.3. The normalized spacial score (nSPS) is 25.0. The summed E-state index contributed by atoms with van der Waals surface area (Å²) < 4.78 is 38.3. The highest BCUT2D eigenvalue weighted by molar-refractivity contribution is 7.54. The molecule has 1 saturated heterocycles. The van der Waals surface area contributed by atoms with E-state index in [1.54, 1.807) is 20.8 Å². The first-order valence-electron chi connectivity index (χ1n) is 8.92. The maximum atomic E-state index is 12.4. The van der Waals surface area contributed by atoms with Gasteiger partial charge in [-0.1, -0.05) is 0 Å². The minimum absolute atomic E-state index is 0.112. The van der Waals surface area contributed by atoms with E-state index < -0.39 is 56.2 Å². The third-order valence-corrected chi connectivity index (χ3v) is 5.53. The van der Waals surface area contributed by atoms with Crippen LogP contribution in [0.2, 0.25) is 0 Å². The summed E-state index contributed by atoms with van der Waals surface area (Å²) in [6, 6.07) is 0. The van der Waals surface area contributed by atoms with Crippen molar-refractivity contribution in [2.45, 2.75) is 65.6 Å². The molecule has 0 bridgehead atoms. The summed E-state index contributed by atoms with van der Waals surface area (Å²) in [5, 5.41) is 0. The molecule has 1 amide bonds. The molecule has 1 rings (SSSR count). The zero-order valence-electron chi connectivity index (χ0n) is 16.7. The van der Waals surface area contributed by atoms with Gasteiger partial charge in [0.2, 0.25) is 6.29 Å². The van der Waals surface area contributed by atoms with Gasteiger partial charge < -0.3 is 23.3 Å². The van der Waals surface area contributed by atoms with Gasteiger partial charge in [-0.05, 0) is 20.8 Å². The van der Waals surface area contributed by atoms with E-state index in [0.29, 0.717) is 0 Å². The summed E-state index contributed by atoms with van der Waals surface area (Å²) >= 11 is 0. The fourth-order valence-electron chi connectivity index (χ4n) is 2.55. The van der Waals surface area contributed by atoms with Crippen molar-refractivity contribution in [1.29, 1.82) is 0 Å². The van der Waals surface area contributed by atoms with Crippen molar-refractivity contribution in [2.75, 3.05) is 19.4 Å². The molecule has 0 aliphatic carbocycles. The SMILES string of the molecule is CCOP(=O)(CC(=O)NO[C@H]1O[C@H](C)[C@@H](OC(C)=O)C[C@@H]1OC(C)=O)OCC. The lowest BCUT2D eigenvalue weighted by Gasteiger charge is -2.38. The first-order valence-corrected chi connectivity index (χ1v) is 10.7. The second-order valence-corrected chi connectivity index (χ2v) is 8.04. The van der Waals surface area contributed by atoms with Crippen molar-refractivity contribution >= 4 is 25.4 Å². The lowest BCUT2D eigenvalue weighted by atomic mass is 10.0. The van der Waals surface area contributed by atoms with Crippen molar-refractivity contribution < 1.29 is 47.0 Å². The fraction of sp³-hybridized carbons (Fsp3) is 0.812. The molecule has 11 nitrogen and oxygen atoms in total. The molecule has 28 heavy (non-hydrogen) atoms. The molecule has 1 fully saturated rings. The van der Waals surface area contributed by atoms with Crippen LogP contribution < -0.4 is 5.48 Å². The number of hydrogen-bond acceptors (Lipinski definition) is 10. The first kappa shape index (κ1) is 24.5. The van der Waals surface area contributed by atoms with Gasteiger partial charge in [-0.2, -0.15) is 0 Å². The third-order valence-electron chi connectivity index (χ3n) is 3.55. The van der Waals surface area contributed by atoms with Crippen LogP contribution in [-0.2, 0) is 47.0 Å². The van der Waals surface area contributed by atoms with E-state index in [-0.39, 0.29) is 19.6 Å². The van der Waals surface area contributed by atoms with Crippen molar-refractivity contribution in [3.05, 3.63) is 0 Å². The van der Waals surface area contributed by atoms with Crippen LogP contribution in [0, 0.1) is 0 Å². The fourth-order valence-corrected chi connectivity index (χ4v) is 4.01. The number of ether oxygens (including phenoxy) is 3. The Morgan fingerprint density at radius 1 is 1.04 bits per heavy atom. The average molecular weight is 425 g/mol. The Morgan fingerprint density at radius 3 is 2.07 bits per heavy atom. The Balaban J connectivity index is 2.71. The summed E-state index contributed by atoms with van der Waals surface area (Å²) in [5.74, 6) is -1.86. The van der Waals surface area contributed by atoms with Gasteiger partial charge >= 0.3 is 19.5 Å². The number of esters is 2. The second-order valence-electron chi connectivity index (χ2n) is 5.99. The number of amides is 1. The van der Waals surface area contributed by atoms with Gasteiger partial charge in [-0.15, -0.1) is 0 Å². The Kier molecular flexibility index (Phi) is 10.0. The summed E-state index contributed by atoms with van der Waals surface area (Å²) in [6.07, 6.45) is -3.72. The van der Waals surface area contributed by atoms with Crippen LogP contribution in [0.15, 0.2) is 0 Å². The summed E-state index contributed by atoms with van der Waals surface area (Å²) in [5.41, 5.74) is 2.11. The summed E-state index contributed by atoms with van der Waals surface area (Å²) in [6.45, 7) is 7.58. The maximum absolute atomic E-state index is 12.4. The molecule has 12 heteroatoms. The minimum atomic E-state index is -3.60. The Labute approximate surface area is 163 Å². The number of hydroxylamine groups is 1. The van der Waals surface area contributed by atoms with Gasteiger partial charge in [0, 0.05) is 20.3 Å². The largest absolute Gasteiger partial charge is 0.460 e. The second kappa shape index (κ2) is 11.5. The van der Waals surface area contributed by atoms with Gasteiger partial charge in [0.15, 0.2) is 6.10 Å². The van der Waals surface area contributed by atoms with Crippen molar-refractivity contribution in [2.24, 2.45) is 0 Å². The van der Waals surface area contributed by atoms with E-state index in [1.165, 1.54) is 13.8 Å². The topological polar surface area (TPSA) is 136 Å². The quantitative estimate of drug-likeness (QED) is 0.310. The highest BCUT2D eigenvalue weighted by atomic mass is 31.2. The van der Waals surface area contributed by atoms with Gasteiger partial charge in [-0.3, -0.25) is 18.9 Å². The summed E-state index contributed by atoms with van der Waals surface area (Å²) in [4.78, 5) is 39.8. The van der Waals surface area contributed by atoms with Gasteiger partial charge in [0.1, 0.15) is 12.3 Å². The van der Waals surface area contributed by atoms with Crippen LogP contribution in [0.1, 0.15) is 41.0 Å². The molecule has 1 aliphatic rings. The molecule has 1 N–H and O–H groups in total. The maximum Gasteiger partial charge on any atom is 0.340 e. The molecular weight excluding hydrogens is 397 g/mol. The predicted octanol–water partition coefficient (Wildman–Crippen LogP) is 1.30. The van der Waals surface area contributed by atoms with E-state index in [0.717, 1.165) is 0 Å². The molecule has 0 spiro atoms. The summed E-state index contributed by atoms with van der Waals surface area (Å²) in [7, 11) is -3.60. The van der Waals surface area contributed by atoms with Crippen molar-refractivity contribution in [3.63, 3.8) is 0 Å². The number of carbonyl (C=O) groups excluding carboxylic acids is 3. The van der Waals surface area contributed by atoms with Crippen LogP contribution in [0.4, 0.5) is 0 Å². The van der Waals surface area contributed by atoms with Crippen LogP contribution in [0.25, 0.3) is 0 Å². The van der Waals surface area contributed by atoms with E-state index >= 15 is 0 Å². The molecular formula is C16H28NO10P. The van der Waals surface area contributed by atoms with Crippen LogP contribution in [0.3, 0.4) is 0 Å². The Morgan fingerprint density at radius 2 is 1.57 bits per heavy atom. The number of nitrogens with one attached hydrogen (secondary N) is 1. The average Bonchev–Trinajstić information content (AvgIpc) is 2.55. The number of hydrogen-bond donors (Lipinski definition) is 1. The highest BCUT2D eigenvalue weighted by Crippen LogP contribution is 2.47. The van der Waals surface area contributed by atoms with Crippen LogP contribution in [0.5, 0.6) is 0 Å². The molecule has 1 aliphatic heterocycles. The predicted molar refractivity (Wildman–Crippen MR) is 95.0 cm³/mol. The van der Waals surface area contributed by atoms with E-state index in [2.05, 4.69) is 5.48 Å². The number of rotatable bonds is 10. The molecule has 0 aromatic carbocycles. The van der Waals surface area contributed by atoms with Crippen LogP contribution in [-0.4, -0.2) is 61.8 Å². The van der Waals surface area contributed by atoms with E-state index in [9.17, 15) is 18.9 Å². The lowest BCUT2D eigenvalue weighted by molar-refractivity contribution is -0.283. The Bertz CT molecular complexity index is 588. The smallest absolute Gasteiger partial charge is 0.340 e. The molecule has 1 heterocycles. The molecule has 162 valence electrons. The lowest BCUT2D eigenvalue weighted by Crippen LogP contribution is -2.52. The first-order chi connectivity index (χ1) is 13.1. The molecule has 4 atom stereocenters. The number of carbonyl (C=O) groups is 3. The zero-order valence-corrected chi connectivity index (χ0v) is 17.6. The van der Waals surface area contributed by atoms with Crippen molar-refractivity contribution in [3.8, 4) is 0 Å². The van der Waals surface area contributed by atoms with Gasteiger partial charge in [0.05, 0.1) is 19.3 Å². The Hall–Kier alpha value is -1.52. The monoisotopic (exact) mass is 425 g/mol. The highest BCUT2D eigenvalue weighted by Gasteiger charge is 2.41. The third kappa shape index (κ3) is 8.24. The molecule has 0 aromatic heterocycles. The molecule has 0 saturated carbocycles.